The Morgan fingerprint density at radius 2 is 1.66 bits per heavy atom. The molecule has 0 aliphatic heterocycles. The molecule has 4 rings (SSSR count). The van der Waals surface area contributed by atoms with Crippen LogP contribution in [0.2, 0.25) is 15.1 Å². The monoisotopic (exact) mass is 739 g/mol. The van der Waals surface area contributed by atoms with Gasteiger partial charge in [0.05, 0.1) is 40.5 Å². The summed E-state index contributed by atoms with van der Waals surface area (Å²) in [5, 5.41) is 5.18. The molecule has 44 heavy (non-hydrogen) atoms. The Hall–Kier alpha value is -3.48. The number of ether oxygens (including phenoxy) is 3. The van der Waals surface area contributed by atoms with Crippen LogP contribution in [0.1, 0.15) is 11.1 Å². The van der Waals surface area contributed by atoms with Gasteiger partial charge >= 0.3 is 0 Å². The minimum absolute atomic E-state index is 0.000768. The second kappa shape index (κ2) is 15.0. The van der Waals surface area contributed by atoms with Gasteiger partial charge in [0.1, 0.15) is 18.9 Å². The average molecular weight is 742 g/mol. The molecular weight excluding hydrogens is 717 g/mol. The van der Waals surface area contributed by atoms with E-state index in [9.17, 15) is 13.2 Å². The molecule has 0 unspecified atom stereocenters. The number of hydrazone groups is 1. The van der Waals surface area contributed by atoms with Crippen molar-refractivity contribution in [3.63, 3.8) is 0 Å². The smallest absolute Gasteiger partial charge is 0.264 e. The molecule has 0 bridgehead atoms. The maximum Gasteiger partial charge on any atom is 0.264 e. The first-order valence-electron chi connectivity index (χ1n) is 12.7. The third-order valence-corrected chi connectivity index (χ3v) is 9.34. The van der Waals surface area contributed by atoms with E-state index < -0.39 is 22.5 Å². The van der Waals surface area contributed by atoms with Gasteiger partial charge in [-0.25, -0.2) is 13.8 Å². The molecule has 4 aromatic carbocycles. The Morgan fingerprint density at radius 1 is 0.932 bits per heavy atom. The van der Waals surface area contributed by atoms with Crippen LogP contribution in [0.4, 0.5) is 5.69 Å². The Balaban J connectivity index is 1.50. The summed E-state index contributed by atoms with van der Waals surface area (Å²) in [6.07, 6.45) is 1.38. The Kier molecular flexibility index (Phi) is 11.4. The second-order valence-corrected chi connectivity index (χ2v) is 13.0. The van der Waals surface area contributed by atoms with Crippen molar-refractivity contribution in [3.8, 4) is 17.2 Å². The topological polar surface area (TPSA) is 107 Å². The van der Waals surface area contributed by atoms with Gasteiger partial charge in [0.2, 0.25) is 0 Å². The van der Waals surface area contributed by atoms with E-state index in [1.807, 2.05) is 0 Å². The number of hydrogen-bond acceptors (Lipinski definition) is 7. The highest BCUT2D eigenvalue weighted by atomic mass is 79.9. The first-order valence-corrected chi connectivity index (χ1v) is 16.1. The summed E-state index contributed by atoms with van der Waals surface area (Å²) in [7, 11) is -1.22. The molecule has 230 valence electrons. The maximum absolute atomic E-state index is 13.5. The van der Waals surface area contributed by atoms with Crippen LogP contribution in [-0.2, 0) is 21.4 Å². The number of amides is 1. The molecule has 1 amide bonds. The Bertz CT molecular complexity index is 1790. The van der Waals surface area contributed by atoms with Crippen molar-refractivity contribution in [3.05, 3.63) is 110 Å². The number of nitrogens with zero attached hydrogens (tertiary/aromatic N) is 2. The van der Waals surface area contributed by atoms with Gasteiger partial charge in [-0.05, 0) is 76.1 Å². The Morgan fingerprint density at radius 3 is 2.32 bits per heavy atom. The van der Waals surface area contributed by atoms with Crippen molar-refractivity contribution in [1.29, 1.82) is 0 Å². The van der Waals surface area contributed by atoms with E-state index in [0.717, 1.165) is 9.87 Å². The number of benzene rings is 4. The summed E-state index contributed by atoms with van der Waals surface area (Å²) in [4.78, 5) is 13.0. The SMILES string of the molecule is COc1ccc(N(CC(=O)N/N=C/c2cc(Br)c(OCc3ccc(Cl)cc3Cl)c(OC)c2)S(=O)(=O)c2ccccc2)cc1Cl. The highest BCUT2D eigenvalue weighted by Gasteiger charge is 2.27. The van der Waals surface area contributed by atoms with Crippen LogP contribution in [0.25, 0.3) is 0 Å². The molecule has 0 radical (unpaired) electrons. The normalized spacial score (nSPS) is 11.3. The zero-order valence-electron chi connectivity index (χ0n) is 23.3. The number of sulfonamides is 1. The molecule has 14 heteroatoms. The van der Waals surface area contributed by atoms with Crippen molar-refractivity contribution >= 4 is 78.6 Å². The van der Waals surface area contributed by atoms with Gasteiger partial charge in [0.25, 0.3) is 15.9 Å². The molecule has 0 spiro atoms. The second-order valence-electron chi connectivity index (χ2n) is 9.00. The highest BCUT2D eigenvalue weighted by molar-refractivity contribution is 9.10. The van der Waals surface area contributed by atoms with E-state index in [-0.39, 0.29) is 22.2 Å². The quantitative estimate of drug-likeness (QED) is 0.120. The number of nitrogens with one attached hydrogen (secondary N) is 1. The van der Waals surface area contributed by atoms with E-state index >= 15 is 0 Å². The third kappa shape index (κ3) is 8.16. The average Bonchev–Trinajstić information content (AvgIpc) is 3.00. The lowest BCUT2D eigenvalue weighted by Crippen LogP contribution is -2.39. The molecule has 0 saturated carbocycles. The van der Waals surface area contributed by atoms with Gasteiger partial charge in [-0.1, -0.05) is 59.1 Å². The van der Waals surface area contributed by atoms with Crippen molar-refractivity contribution in [2.24, 2.45) is 5.10 Å². The van der Waals surface area contributed by atoms with Gasteiger partial charge in [0, 0.05) is 15.6 Å². The lowest BCUT2D eigenvalue weighted by atomic mass is 10.2. The standard InChI is InChI=1S/C30H25BrCl3N3O6S/c1-41-27-11-10-22(15-26(27)34)37(44(39,40)23-6-4-3-5-7-23)17-29(38)36-35-16-19-12-24(31)30(28(13-19)42-2)43-18-20-8-9-21(32)14-25(20)33/h3-16H,17-18H2,1-2H3,(H,36,38)/b35-16+. The fraction of sp³-hybridized carbons (Fsp3) is 0.133. The van der Waals surface area contributed by atoms with E-state index in [4.69, 9.17) is 49.0 Å². The maximum atomic E-state index is 13.5. The number of anilines is 1. The van der Waals surface area contributed by atoms with Crippen LogP contribution in [0, 0.1) is 0 Å². The molecular formula is C30H25BrCl3N3O6S. The molecule has 0 heterocycles. The summed E-state index contributed by atoms with van der Waals surface area (Å²) < 4.78 is 45.2. The third-order valence-electron chi connectivity index (χ3n) is 6.08. The first kappa shape index (κ1) is 33.4. The van der Waals surface area contributed by atoms with Crippen LogP contribution in [0.5, 0.6) is 17.2 Å². The number of carbonyl (C=O) groups excluding carboxylic acids is 1. The number of carbonyl (C=O) groups is 1. The fourth-order valence-electron chi connectivity index (χ4n) is 3.93. The predicted octanol–water partition coefficient (Wildman–Crippen LogP) is 7.35. The lowest BCUT2D eigenvalue weighted by molar-refractivity contribution is -0.119. The molecule has 1 N–H and O–H groups in total. The minimum atomic E-state index is -4.14. The van der Waals surface area contributed by atoms with E-state index in [0.29, 0.717) is 37.3 Å². The van der Waals surface area contributed by atoms with Crippen molar-refractivity contribution in [1.82, 2.24) is 5.43 Å². The van der Waals surface area contributed by atoms with Crippen molar-refractivity contribution in [2.45, 2.75) is 11.5 Å². The lowest BCUT2D eigenvalue weighted by Gasteiger charge is -2.24. The minimum Gasteiger partial charge on any atom is -0.495 e. The van der Waals surface area contributed by atoms with Crippen LogP contribution in [-0.4, -0.2) is 41.3 Å². The number of halogens is 4. The van der Waals surface area contributed by atoms with Gasteiger partial charge in [-0.15, -0.1) is 0 Å². The van der Waals surface area contributed by atoms with Gasteiger partial charge in [0.15, 0.2) is 11.5 Å². The zero-order valence-corrected chi connectivity index (χ0v) is 27.9. The van der Waals surface area contributed by atoms with Crippen molar-refractivity contribution < 1.29 is 27.4 Å². The predicted molar refractivity (Wildman–Crippen MR) is 176 cm³/mol. The molecule has 0 saturated heterocycles. The summed E-state index contributed by atoms with van der Waals surface area (Å²) >= 11 is 22.0. The van der Waals surface area contributed by atoms with E-state index in [1.165, 1.54) is 50.8 Å². The van der Waals surface area contributed by atoms with Crippen molar-refractivity contribution in [2.75, 3.05) is 25.1 Å². The van der Waals surface area contributed by atoms with Gasteiger partial charge in [-0.2, -0.15) is 5.10 Å². The van der Waals surface area contributed by atoms with Crippen LogP contribution < -0.4 is 23.9 Å². The summed E-state index contributed by atoms with van der Waals surface area (Å²) in [5.41, 5.74) is 3.84. The first-order chi connectivity index (χ1) is 21.0. The van der Waals surface area contributed by atoms with Crippen LogP contribution in [0.3, 0.4) is 0 Å². The molecule has 9 nitrogen and oxygen atoms in total. The van der Waals surface area contributed by atoms with Gasteiger partial charge in [-0.3, -0.25) is 9.10 Å². The van der Waals surface area contributed by atoms with Crippen LogP contribution >= 0.6 is 50.7 Å². The number of hydrogen-bond donors (Lipinski definition) is 1. The summed E-state index contributed by atoms with van der Waals surface area (Å²) in [6, 6.07) is 20.6. The molecule has 0 aliphatic carbocycles. The van der Waals surface area contributed by atoms with Crippen LogP contribution in [0.15, 0.2) is 93.3 Å². The number of rotatable bonds is 12. The molecule has 4 aromatic rings. The van der Waals surface area contributed by atoms with E-state index in [2.05, 4.69) is 26.5 Å². The summed E-state index contributed by atoms with van der Waals surface area (Å²) in [5.74, 6) is 0.486. The largest absolute Gasteiger partial charge is 0.495 e. The van der Waals surface area contributed by atoms with E-state index in [1.54, 1.807) is 48.5 Å². The molecule has 0 aliphatic rings. The Labute approximate surface area is 278 Å². The summed E-state index contributed by atoms with van der Waals surface area (Å²) in [6.45, 7) is -0.416. The fourth-order valence-corrected chi connectivity index (χ4v) is 6.66. The van der Waals surface area contributed by atoms with Gasteiger partial charge < -0.3 is 14.2 Å². The number of methoxy groups -OCH3 is 2. The molecule has 0 fully saturated rings. The zero-order chi connectivity index (χ0) is 31.9. The molecule has 0 atom stereocenters. The molecule has 0 aromatic heterocycles. The highest BCUT2D eigenvalue weighted by Crippen LogP contribution is 2.37.